The number of nitrogens with one attached hydrogen (secondary N) is 2. The van der Waals surface area contributed by atoms with Crippen molar-refractivity contribution in [1.82, 2.24) is 15.5 Å². The van der Waals surface area contributed by atoms with Crippen molar-refractivity contribution in [3.05, 3.63) is 0 Å². The molecule has 116 valence electrons. The highest BCUT2D eigenvalue weighted by molar-refractivity contribution is 5.87. The van der Waals surface area contributed by atoms with Crippen LogP contribution in [0.25, 0.3) is 0 Å². The molecule has 0 bridgehead atoms. The van der Waals surface area contributed by atoms with Crippen molar-refractivity contribution in [1.29, 1.82) is 0 Å². The number of nitrogens with two attached hydrogens (primary N) is 1. The van der Waals surface area contributed by atoms with E-state index in [0.29, 0.717) is 6.54 Å². The van der Waals surface area contributed by atoms with Gasteiger partial charge >= 0.3 is 12.0 Å². The Kier molecular flexibility index (Phi) is 8.30. The molecular weight excluding hydrogens is 264 g/mol. The molecule has 0 radical (unpaired) electrons. The largest absolute Gasteiger partial charge is 0.480 e. The van der Waals surface area contributed by atoms with E-state index in [1.165, 1.54) is 0 Å². The third-order valence-corrected chi connectivity index (χ3v) is 2.81. The predicted octanol–water partition coefficient (Wildman–Crippen LogP) is -0.655. The lowest BCUT2D eigenvalue weighted by Crippen LogP contribution is -2.51. The first-order chi connectivity index (χ1) is 9.29. The highest BCUT2D eigenvalue weighted by Gasteiger charge is 2.22. The van der Waals surface area contributed by atoms with Crippen molar-refractivity contribution in [2.75, 3.05) is 19.6 Å². The number of hydrogen-bond donors (Lipinski definition) is 4. The molecule has 0 heterocycles. The van der Waals surface area contributed by atoms with Crippen LogP contribution in [0.15, 0.2) is 0 Å². The molecule has 0 aliphatic heterocycles. The number of likely N-dealkylation sites (N-methyl/N-ethyl adjacent to an activating group) is 1. The van der Waals surface area contributed by atoms with Gasteiger partial charge < -0.3 is 26.4 Å². The highest BCUT2D eigenvalue weighted by Crippen LogP contribution is 1.94. The molecule has 0 aromatic rings. The second-order valence-corrected chi connectivity index (χ2v) is 4.57. The smallest absolute Gasteiger partial charge is 0.326 e. The number of urea groups is 1. The maximum absolute atomic E-state index is 11.7. The van der Waals surface area contributed by atoms with Gasteiger partial charge in [0.05, 0.1) is 6.42 Å². The average Bonchev–Trinajstić information content (AvgIpc) is 2.34. The van der Waals surface area contributed by atoms with Gasteiger partial charge in [-0.1, -0.05) is 13.8 Å². The van der Waals surface area contributed by atoms with Crippen LogP contribution in [0.4, 0.5) is 4.79 Å². The first-order valence-electron chi connectivity index (χ1n) is 6.60. The van der Waals surface area contributed by atoms with Crippen molar-refractivity contribution in [2.45, 2.75) is 39.3 Å². The Bertz CT molecular complexity index is 344. The Hall–Kier alpha value is -1.83. The lowest BCUT2D eigenvalue weighted by Gasteiger charge is -2.24. The molecule has 0 spiro atoms. The van der Waals surface area contributed by atoms with Crippen LogP contribution in [-0.4, -0.2) is 59.6 Å². The number of nitrogens with zero attached hydrogens (tertiary/aromatic N) is 1. The normalized spacial score (nSPS) is 13.6. The predicted molar refractivity (Wildman–Crippen MR) is 74.2 cm³/mol. The summed E-state index contributed by atoms with van der Waals surface area (Å²) in [6.45, 7) is 8.25. The summed E-state index contributed by atoms with van der Waals surface area (Å²) in [6.07, 6.45) is -0.437. The van der Waals surface area contributed by atoms with E-state index < -0.39 is 30.4 Å². The molecule has 0 saturated carbocycles. The summed E-state index contributed by atoms with van der Waals surface area (Å²) >= 11 is 0. The van der Waals surface area contributed by atoms with Crippen LogP contribution in [-0.2, 0) is 9.59 Å². The van der Waals surface area contributed by atoms with Gasteiger partial charge in [0.25, 0.3) is 0 Å². The van der Waals surface area contributed by atoms with Crippen molar-refractivity contribution >= 4 is 17.9 Å². The molecule has 0 aromatic carbocycles. The zero-order chi connectivity index (χ0) is 15.7. The molecule has 2 atom stereocenters. The van der Waals surface area contributed by atoms with Gasteiger partial charge in [-0.3, -0.25) is 4.79 Å². The Balaban J connectivity index is 4.31. The quantitative estimate of drug-likeness (QED) is 0.448. The molecule has 0 rings (SSSR count). The van der Waals surface area contributed by atoms with E-state index in [1.807, 2.05) is 20.8 Å². The summed E-state index contributed by atoms with van der Waals surface area (Å²) in [5, 5.41) is 13.7. The van der Waals surface area contributed by atoms with E-state index in [1.54, 1.807) is 0 Å². The SMILES string of the molecule is CCN(CC)CC(C)NC(=O)N[C@@H](CC(N)=O)C(=O)O. The number of carboxylic acids is 1. The van der Waals surface area contributed by atoms with Crippen LogP contribution >= 0.6 is 0 Å². The summed E-state index contributed by atoms with van der Waals surface area (Å²) in [4.78, 5) is 35.4. The van der Waals surface area contributed by atoms with Gasteiger partial charge in [0.1, 0.15) is 6.04 Å². The lowest BCUT2D eigenvalue weighted by molar-refractivity contribution is -0.140. The molecule has 0 aromatic heterocycles. The fourth-order valence-electron chi connectivity index (χ4n) is 1.74. The standard InChI is InChI=1S/C12H24N4O4/c1-4-16(5-2)7-8(3)14-12(20)15-9(11(18)19)6-10(13)17/h8-9H,4-7H2,1-3H3,(H2,13,17)(H,18,19)(H2,14,15,20)/t8?,9-/m0/s1. The number of carboxylic acid groups (broad SMARTS) is 1. The monoisotopic (exact) mass is 288 g/mol. The third kappa shape index (κ3) is 7.57. The van der Waals surface area contributed by atoms with Gasteiger partial charge in [-0.05, 0) is 20.0 Å². The molecule has 0 aliphatic rings. The van der Waals surface area contributed by atoms with Gasteiger partial charge in [0, 0.05) is 12.6 Å². The Morgan fingerprint density at radius 1 is 1.20 bits per heavy atom. The summed E-state index contributed by atoms with van der Waals surface area (Å²) in [6, 6.07) is -2.08. The minimum atomic E-state index is -1.31. The van der Waals surface area contributed by atoms with Crippen molar-refractivity contribution in [3.8, 4) is 0 Å². The van der Waals surface area contributed by atoms with E-state index in [4.69, 9.17) is 10.8 Å². The number of carbonyl (C=O) groups excluding carboxylic acids is 2. The summed E-state index contributed by atoms with van der Waals surface area (Å²) in [5.74, 6) is -2.08. The van der Waals surface area contributed by atoms with Crippen LogP contribution in [0, 0.1) is 0 Å². The van der Waals surface area contributed by atoms with E-state index in [0.717, 1.165) is 13.1 Å². The molecular formula is C12H24N4O4. The fraction of sp³-hybridized carbons (Fsp3) is 0.750. The van der Waals surface area contributed by atoms with Crippen molar-refractivity contribution in [2.24, 2.45) is 5.73 Å². The molecule has 0 aliphatic carbocycles. The van der Waals surface area contributed by atoms with Crippen LogP contribution < -0.4 is 16.4 Å². The van der Waals surface area contributed by atoms with Gasteiger partial charge in [0.15, 0.2) is 0 Å². The average molecular weight is 288 g/mol. The second kappa shape index (κ2) is 9.13. The van der Waals surface area contributed by atoms with E-state index in [9.17, 15) is 14.4 Å². The number of amides is 3. The first-order valence-corrected chi connectivity index (χ1v) is 6.60. The van der Waals surface area contributed by atoms with E-state index in [-0.39, 0.29) is 6.04 Å². The fourth-order valence-corrected chi connectivity index (χ4v) is 1.74. The molecule has 0 fully saturated rings. The summed E-state index contributed by atoms with van der Waals surface area (Å²) in [7, 11) is 0. The zero-order valence-electron chi connectivity index (χ0n) is 12.2. The molecule has 1 unspecified atom stereocenters. The van der Waals surface area contributed by atoms with Crippen molar-refractivity contribution in [3.63, 3.8) is 0 Å². The molecule has 5 N–H and O–H groups in total. The molecule has 20 heavy (non-hydrogen) atoms. The maximum atomic E-state index is 11.7. The highest BCUT2D eigenvalue weighted by atomic mass is 16.4. The second-order valence-electron chi connectivity index (χ2n) is 4.57. The number of hydrogen-bond acceptors (Lipinski definition) is 4. The topological polar surface area (TPSA) is 125 Å². The Morgan fingerprint density at radius 3 is 2.15 bits per heavy atom. The van der Waals surface area contributed by atoms with Gasteiger partial charge in [0.2, 0.25) is 5.91 Å². The van der Waals surface area contributed by atoms with E-state index in [2.05, 4.69) is 15.5 Å². The van der Waals surface area contributed by atoms with E-state index >= 15 is 0 Å². The summed E-state index contributed by atoms with van der Waals surface area (Å²) < 4.78 is 0. The minimum absolute atomic E-state index is 0.141. The van der Waals surface area contributed by atoms with Crippen molar-refractivity contribution < 1.29 is 19.5 Å². The molecule has 3 amide bonds. The molecule has 8 nitrogen and oxygen atoms in total. The van der Waals surface area contributed by atoms with Crippen LogP contribution in [0.1, 0.15) is 27.2 Å². The molecule has 8 heteroatoms. The number of carbonyl (C=O) groups is 3. The van der Waals surface area contributed by atoms with Gasteiger partial charge in [-0.15, -0.1) is 0 Å². The first kappa shape index (κ1) is 18.2. The Labute approximate surface area is 118 Å². The minimum Gasteiger partial charge on any atom is -0.480 e. The summed E-state index contributed by atoms with van der Waals surface area (Å²) in [5.41, 5.74) is 4.93. The number of primary amides is 1. The van der Waals surface area contributed by atoms with Crippen LogP contribution in [0.5, 0.6) is 0 Å². The Morgan fingerprint density at radius 2 is 1.75 bits per heavy atom. The van der Waals surface area contributed by atoms with Gasteiger partial charge in [-0.25, -0.2) is 9.59 Å². The number of aliphatic carboxylic acids is 1. The maximum Gasteiger partial charge on any atom is 0.326 e. The zero-order valence-corrected chi connectivity index (χ0v) is 12.2. The van der Waals surface area contributed by atoms with Gasteiger partial charge in [-0.2, -0.15) is 0 Å². The third-order valence-electron chi connectivity index (χ3n) is 2.81. The van der Waals surface area contributed by atoms with Crippen LogP contribution in [0.2, 0.25) is 0 Å². The number of rotatable bonds is 9. The van der Waals surface area contributed by atoms with Crippen LogP contribution in [0.3, 0.4) is 0 Å². The lowest BCUT2D eigenvalue weighted by atomic mass is 10.2. The molecule has 0 saturated heterocycles.